The van der Waals surface area contributed by atoms with Crippen LogP contribution in [0.1, 0.15) is 17.2 Å². The van der Waals surface area contributed by atoms with Crippen LogP contribution in [0.15, 0.2) is 48.5 Å². The third-order valence-corrected chi connectivity index (χ3v) is 2.63. The predicted molar refractivity (Wildman–Crippen MR) is 68.0 cm³/mol. The minimum atomic E-state index is -0.715. The van der Waals surface area contributed by atoms with Crippen LogP contribution in [0.5, 0.6) is 5.75 Å². The normalized spacial score (nSPS) is 12.2. The van der Waals surface area contributed by atoms with Crippen LogP contribution in [0.4, 0.5) is 4.39 Å². The van der Waals surface area contributed by atoms with E-state index in [9.17, 15) is 9.50 Å². The van der Waals surface area contributed by atoms with Gasteiger partial charge in [0.25, 0.3) is 0 Å². The highest BCUT2D eigenvalue weighted by Crippen LogP contribution is 2.17. The number of halogens is 1. The van der Waals surface area contributed by atoms with E-state index < -0.39 is 6.10 Å². The zero-order valence-electron chi connectivity index (χ0n) is 10.1. The zero-order chi connectivity index (χ0) is 13.0. The highest BCUT2D eigenvalue weighted by Gasteiger charge is 2.08. The summed E-state index contributed by atoms with van der Waals surface area (Å²) < 4.78 is 18.3. The van der Waals surface area contributed by atoms with E-state index in [1.165, 1.54) is 12.1 Å². The van der Waals surface area contributed by atoms with Crippen molar-refractivity contribution in [2.75, 3.05) is 6.61 Å². The lowest BCUT2D eigenvalue weighted by atomic mass is 10.1. The summed E-state index contributed by atoms with van der Waals surface area (Å²) in [6.45, 7) is 2.07. The summed E-state index contributed by atoms with van der Waals surface area (Å²) in [6.07, 6.45) is -0.715. The maximum Gasteiger partial charge on any atom is 0.126 e. The molecular weight excluding hydrogens is 231 g/mol. The third kappa shape index (κ3) is 3.31. The van der Waals surface area contributed by atoms with Crippen molar-refractivity contribution in [3.8, 4) is 5.75 Å². The maximum atomic E-state index is 12.9. The Balaban J connectivity index is 1.98. The fourth-order valence-corrected chi connectivity index (χ4v) is 1.71. The monoisotopic (exact) mass is 246 g/mol. The summed E-state index contributed by atoms with van der Waals surface area (Å²) in [6, 6.07) is 13.5. The van der Waals surface area contributed by atoms with Gasteiger partial charge < -0.3 is 9.84 Å². The molecule has 0 amide bonds. The molecule has 0 aliphatic carbocycles. The van der Waals surface area contributed by atoms with Gasteiger partial charge in [0.15, 0.2) is 0 Å². The molecule has 0 radical (unpaired) electrons. The molecular formula is C15H15FO2. The molecule has 0 saturated heterocycles. The fraction of sp³-hybridized carbons (Fsp3) is 0.200. The second kappa shape index (κ2) is 5.65. The van der Waals surface area contributed by atoms with Crippen molar-refractivity contribution in [2.45, 2.75) is 13.0 Å². The molecule has 2 rings (SSSR count). The molecule has 94 valence electrons. The Bertz CT molecular complexity index is 525. The molecule has 0 aliphatic rings. The molecule has 0 aromatic heterocycles. The van der Waals surface area contributed by atoms with E-state index in [0.29, 0.717) is 5.75 Å². The van der Waals surface area contributed by atoms with Crippen molar-refractivity contribution in [3.05, 3.63) is 65.5 Å². The molecule has 2 nitrogen and oxygen atoms in total. The summed E-state index contributed by atoms with van der Waals surface area (Å²) in [5.41, 5.74) is 1.88. The summed E-state index contributed by atoms with van der Waals surface area (Å²) in [4.78, 5) is 0. The van der Waals surface area contributed by atoms with Gasteiger partial charge >= 0.3 is 0 Å². The van der Waals surface area contributed by atoms with Gasteiger partial charge in [0, 0.05) is 6.07 Å². The Morgan fingerprint density at radius 3 is 2.67 bits per heavy atom. The minimum Gasteiger partial charge on any atom is -0.490 e. The van der Waals surface area contributed by atoms with Crippen LogP contribution in [-0.4, -0.2) is 11.7 Å². The molecule has 0 heterocycles. The van der Waals surface area contributed by atoms with E-state index in [1.54, 1.807) is 12.1 Å². The smallest absolute Gasteiger partial charge is 0.126 e. The number of aryl methyl sites for hydroxylation is 1. The Hall–Kier alpha value is -1.87. The lowest BCUT2D eigenvalue weighted by Crippen LogP contribution is -2.09. The van der Waals surface area contributed by atoms with Gasteiger partial charge in [-0.15, -0.1) is 0 Å². The van der Waals surface area contributed by atoms with Gasteiger partial charge in [-0.25, -0.2) is 4.39 Å². The van der Waals surface area contributed by atoms with Crippen molar-refractivity contribution in [1.29, 1.82) is 0 Å². The molecule has 0 aliphatic heterocycles. The molecule has 0 fully saturated rings. The van der Waals surface area contributed by atoms with Crippen molar-refractivity contribution < 1.29 is 14.2 Å². The second-order valence-corrected chi connectivity index (χ2v) is 4.20. The number of hydrogen-bond acceptors (Lipinski definition) is 2. The largest absolute Gasteiger partial charge is 0.490 e. The molecule has 2 aromatic carbocycles. The highest BCUT2D eigenvalue weighted by molar-refractivity contribution is 5.25. The fourth-order valence-electron chi connectivity index (χ4n) is 1.71. The van der Waals surface area contributed by atoms with Crippen molar-refractivity contribution in [2.24, 2.45) is 0 Å². The number of aliphatic hydroxyl groups is 1. The summed E-state index contributed by atoms with van der Waals surface area (Å²) in [7, 11) is 0. The standard InChI is InChI=1S/C15H15FO2/c1-11-4-2-5-12(8-11)15(17)10-18-14-7-3-6-13(16)9-14/h2-9,15,17H,10H2,1H3. The lowest BCUT2D eigenvalue weighted by molar-refractivity contribution is 0.108. The lowest BCUT2D eigenvalue weighted by Gasteiger charge is -2.13. The average molecular weight is 246 g/mol. The van der Waals surface area contributed by atoms with E-state index in [2.05, 4.69) is 0 Å². The molecule has 1 atom stereocenters. The summed E-state index contributed by atoms with van der Waals surface area (Å²) in [5.74, 6) is 0.0687. The Kier molecular flexibility index (Phi) is 3.95. The second-order valence-electron chi connectivity index (χ2n) is 4.20. The Morgan fingerprint density at radius 2 is 1.94 bits per heavy atom. The molecule has 2 aromatic rings. The van der Waals surface area contributed by atoms with Crippen LogP contribution in [0.3, 0.4) is 0 Å². The summed E-state index contributed by atoms with van der Waals surface area (Å²) in [5, 5.41) is 9.96. The van der Waals surface area contributed by atoms with E-state index in [1.807, 2.05) is 31.2 Å². The Morgan fingerprint density at radius 1 is 1.17 bits per heavy atom. The molecule has 1 unspecified atom stereocenters. The summed E-state index contributed by atoms with van der Waals surface area (Å²) >= 11 is 0. The molecule has 18 heavy (non-hydrogen) atoms. The van der Waals surface area contributed by atoms with Crippen molar-refractivity contribution in [1.82, 2.24) is 0 Å². The Labute approximate surface area is 106 Å². The topological polar surface area (TPSA) is 29.5 Å². The number of aliphatic hydroxyl groups excluding tert-OH is 1. The average Bonchev–Trinajstić information content (AvgIpc) is 2.36. The van der Waals surface area contributed by atoms with E-state index in [-0.39, 0.29) is 12.4 Å². The van der Waals surface area contributed by atoms with Crippen LogP contribution in [0, 0.1) is 12.7 Å². The van der Waals surface area contributed by atoms with Crippen LogP contribution < -0.4 is 4.74 Å². The zero-order valence-corrected chi connectivity index (χ0v) is 10.1. The van der Waals surface area contributed by atoms with E-state index >= 15 is 0 Å². The van der Waals surface area contributed by atoms with Gasteiger partial charge in [-0.2, -0.15) is 0 Å². The third-order valence-electron chi connectivity index (χ3n) is 2.63. The number of rotatable bonds is 4. The van der Waals surface area contributed by atoms with Crippen LogP contribution >= 0.6 is 0 Å². The quantitative estimate of drug-likeness (QED) is 0.897. The van der Waals surface area contributed by atoms with Gasteiger partial charge in [-0.3, -0.25) is 0 Å². The highest BCUT2D eigenvalue weighted by atomic mass is 19.1. The molecule has 0 saturated carbocycles. The van der Waals surface area contributed by atoms with Crippen LogP contribution in [0.2, 0.25) is 0 Å². The minimum absolute atomic E-state index is 0.104. The van der Waals surface area contributed by atoms with E-state index in [0.717, 1.165) is 11.1 Å². The molecule has 3 heteroatoms. The molecule has 0 spiro atoms. The van der Waals surface area contributed by atoms with Crippen LogP contribution in [0.25, 0.3) is 0 Å². The first-order valence-electron chi connectivity index (χ1n) is 5.78. The maximum absolute atomic E-state index is 12.9. The van der Waals surface area contributed by atoms with Gasteiger partial charge in [-0.1, -0.05) is 35.9 Å². The van der Waals surface area contributed by atoms with Gasteiger partial charge in [-0.05, 0) is 24.6 Å². The first-order valence-corrected chi connectivity index (χ1v) is 5.78. The van der Waals surface area contributed by atoms with Gasteiger partial charge in [0.1, 0.15) is 24.3 Å². The van der Waals surface area contributed by atoms with Gasteiger partial charge in [0.05, 0.1) is 0 Å². The number of ether oxygens (including phenoxy) is 1. The van der Waals surface area contributed by atoms with E-state index in [4.69, 9.17) is 4.74 Å². The first kappa shape index (κ1) is 12.6. The van der Waals surface area contributed by atoms with Crippen LogP contribution in [-0.2, 0) is 0 Å². The number of hydrogen-bond donors (Lipinski definition) is 1. The SMILES string of the molecule is Cc1cccc(C(O)COc2cccc(F)c2)c1. The van der Waals surface area contributed by atoms with Crippen molar-refractivity contribution >= 4 is 0 Å². The number of benzene rings is 2. The first-order chi connectivity index (χ1) is 8.65. The predicted octanol–water partition coefficient (Wildman–Crippen LogP) is 3.25. The van der Waals surface area contributed by atoms with Crippen molar-refractivity contribution in [3.63, 3.8) is 0 Å². The molecule has 1 N–H and O–H groups in total. The van der Waals surface area contributed by atoms with Gasteiger partial charge in [0.2, 0.25) is 0 Å². The molecule has 0 bridgehead atoms.